The van der Waals surface area contributed by atoms with Crippen molar-refractivity contribution in [2.45, 2.75) is 13.5 Å². The fourth-order valence-electron chi connectivity index (χ4n) is 4.67. The molecule has 0 amide bonds. The summed E-state index contributed by atoms with van der Waals surface area (Å²) in [5.74, 6) is 2.03. The highest BCUT2D eigenvalue weighted by Gasteiger charge is 2.18. The quantitative estimate of drug-likeness (QED) is 0.154. The van der Waals surface area contributed by atoms with Gasteiger partial charge in [-0.3, -0.25) is 4.79 Å². The number of halogens is 2. The molecule has 0 saturated heterocycles. The van der Waals surface area contributed by atoms with E-state index in [0.717, 1.165) is 10.9 Å². The Balaban J connectivity index is 1.42. The zero-order chi connectivity index (χ0) is 29.9. The predicted octanol–water partition coefficient (Wildman–Crippen LogP) is 7.99. The third kappa shape index (κ3) is 5.67. The smallest absolute Gasteiger partial charge is 0.282 e. The first-order chi connectivity index (χ1) is 21.0. The molecule has 10 heteroatoms. The van der Waals surface area contributed by atoms with E-state index in [-0.39, 0.29) is 18.0 Å². The Morgan fingerprint density at radius 2 is 1.72 bits per heavy atom. The molecular formula is C33H25Cl2N3O5. The van der Waals surface area contributed by atoms with Crippen molar-refractivity contribution in [1.82, 2.24) is 9.66 Å². The van der Waals surface area contributed by atoms with Gasteiger partial charge >= 0.3 is 0 Å². The van der Waals surface area contributed by atoms with Crippen LogP contribution in [0.25, 0.3) is 33.5 Å². The van der Waals surface area contributed by atoms with Gasteiger partial charge in [-0.15, -0.1) is 0 Å². The number of para-hydroxylation sites is 1. The number of nitrogens with zero attached hydrogens (tertiary/aromatic N) is 3. The number of hydrogen-bond acceptors (Lipinski definition) is 7. The van der Waals surface area contributed by atoms with Crippen LogP contribution in [0.4, 0.5) is 0 Å². The van der Waals surface area contributed by atoms with Crippen LogP contribution in [-0.2, 0) is 6.61 Å². The molecule has 216 valence electrons. The Bertz CT molecular complexity index is 2050. The lowest BCUT2D eigenvalue weighted by Crippen LogP contribution is -2.20. The third-order valence-corrected chi connectivity index (χ3v) is 7.35. The molecular weight excluding hydrogens is 589 g/mol. The van der Waals surface area contributed by atoms with E-state index < -0.39 is 0 Å². The summed E-state index contributed by atoms with van der Waals surface area (Å²) < 4.78 is 24.7. The molecule has 0 fully saturated rings. The maximum Gasteiger partial charge on any atom is 0.282 e. The van der Waals surface area contributed by atoms with Crippen molar-refractivity contribution < 1.29 is 18.6 Å². The standard InChI is InChI=1S/C33H25Cl2N3O5/c1-3-41-29-16-20(15-25(35)31(29)42-19-21-9-4-6-11-24(21)34)18-36-38-32(37-26-12-7-5-10-22(26)33(38)39)30-17-23-27(40-2)13-8-14-28(23)43-30/h4-18H,3,19H2,1-2H3. The van der Waals surface area contributed by atoms with E-state index in [9.17, 15) is 4.79 Å². The molecule has 6 aromatic rings. The topological polar surface area (TPSA) is 88.1 Å². The van der Waals surface area contributed by atoms with Crippen molar-refractivity contribution in [1.29, 1.82) is 0 Å². The fraction of sp³-hybridized carbons (Fsp3) is 0.121. The van der Waals surface area contributed by atoms with Gasteiger partial charge in [-0.1, -0.05) is 59.6 Å². The van der Waals surface area contributed by atoms with Crippen LogP contribution in [0.3, 0.4) is 0 Å². The Hall–Kier alpha value is -4.79. The van der Waals surface area contributed by atoms with Crippen LogP contribution in [0, 0.1) is 0 Å². The Kier molecular flexibility index (Phi) is 8.05. The number of fused-ring (bicyclic) bond motifs is 2. The van der Waals surface area contributed by atoms with Crippen LogP contribution in [0.15, 0.2) is 99.2 Å². The van der Waals surface area contributed by atoms with Crippen LogP contribution in [-0.4, -0.2) is 29.6 Å². The van der Waals surface area contributed by atoms with Crippen molar-refractivity contribution in [2.75, 3.05) is 13.7 Å². The van der Waals surface area contributed by atoms with Crippen molar-refractivity contribution in [3.8, 4) is 28.8 Å². The van der Waals surface area contributed by atoms with Crippen molar-refractivity contribution in [3.63, 3.8) is 0 Å². The van der Waals surface area contributed by atoms with Crippen molar-refractivity contribution >= 4 is 51.3 Å². The lowest BCUT2D eigenvalue weighted by Gasteiger charge is -2.15. The van der Waals surface area contributed by atoms with Gasteiger partial charge in [0.15, 0.2) is 17.3 Å². The molecule has 0 aliphatic carbocycles. The molecule has 2 heterocycles. The third-order valence-electron chi connectivity index (χ3n) is 6.70. The number of furan rings is 1. The summed E-state index contributed by atoms with van der Waals surface area (Å²) in [4.78, 5) is 18.4. The molecule has 0 atom stereocenters. The van der Waals surface area contributed by atoms with Gasteiger partial charge in [0, 0.05) is 10.6 Å². The first-order valence-corrected chi connectivity index (χ1v) is 14.2. The van der Waals surface area contributed by atoms with E-state index in [1.54, 1.807) is 49.6 Å². The number of hydrogen-bond donors (Lipinski definition) is 0. The summed E-state index contributed by atoms with van der Waals surface area (Å²) >= 11 is 13.0. The van der Waals surface area contributed by atoms with E-state index in [1.807, 2.05) is 49.4 Å². The van der Waals surface area contributed by atoms with Gasteiger partial charge in [-0.05, 0) is 61.0 Å². The highest BCUT2D eigenvalue weighted by atomic mass is 35.5. The monoisotopic (exact) mass is 613 g/mol. The molecule has 0 saturated carbocycles. The highest BCUT2D eigenvalue weighted by molar-refractivity contribution is 6.32. The average molecular weight is 614 g/mol. The second kappa shape index (κ2) is 12.2. The highest BCUT2D eigenvalue weighted by Crippen LogP contribution is 2.37. The lowest BCUT2D eigenvalue weighted by atomic mass is 10.2. The number of aromatic nitrogens is 2. The molecule has 0 aliphatic rings. The minimum atomic E-state index is -0.361. The van der Waals surface area contributed by atoms with Crippen LogP contribution in [0.1, 0.15) is 18.1 Å². The SMILES string of the molecule is CCOc1cc(C=Nn2c(-c3cc4c(OC)cccc4o3)nc3ccccc3c2=O)cc(Cl)c1OCc1ccccc1Cl. The molecule has 0 bridgehead atoms. The number of methoxy groups -OCH3 is 1. The predicted molar refractivity (Wildman–Crippen MR) is 169 cm³/mol. The zero-order valence-corrected chi connectivity index (χ0v) is 24.7. The van der Waals surface area contributed by atoms with Gasteiger partial charge in [0.2, 0.25) is 5.82 Å². The van der Waals surface area contributed by atoms with E-state index in [0.29, 0.717) is 61.7 Å². The normalized spacial score (nSPS) is 11.4. The number of rotatable bonds is 9. The molecule has 8 nitrogen and oxygen atoms in total. The second-order valence-corrected chi connectivity index (χ2v) is 10.3. The number of ether oxygens (including phenoxy) is 3. The summed E-state index contributed by atoms with van der Waals surface area (Å²) in [6, 6.07) is 25.2. The molecule has 6 rings (SSSR count). The van der Waals surface area contributed by atoms with E-state index in [4.69, 9.17) is 46.8 Å². The summed E-state index contributed by atoms with van der Waals surface area (Å²) in [5, 5.41) is 6.61. The summed E-state index contributed by atoms with van der Waals surface area (Å²) in [6.45, 7) is 2.45. The van der Waals surface area contributed by atoms with E-state index in [1.165, 1.54) is 10.9 Å². The van der Waals surface area contributed by atoms with Crippen LogP contribution in [0.2, 0.25) is 10.0 Å². The number of benzene rings is 4. The van der Waals surface area contributed by atoms with Gasteiger partial charge in [0.25, 0.3) is 5.56 Å². The van der Waals surface area contributed by atoms with Gasteiger partial charge in [0.05, 0.1) is 41.2 Å². The van der Waals surface area contributed by atoms with Gasteiger partial charge in [-0.2, -0.15) is 9.78 Å². The first kappa shape index (κ1) is 28.3. The second-order valence-electron chi connectivity index (χ2n) is 9.44. The lowest BCUT2D eigenvalue weighted by molar-refractivity contribution is 0.269. The Labute approximate surface area is 256 Å². The maximum atomic E-state index is 13.7. The average Bonchev–Trinajstić information content (AvgIpc) is 3.46. The zero-order valence-electron chi connectivity index (χ0n) is 23.2. The molecule has 0 radical (unpaired) electrons. The summed E-state index contributed by atoms with van der Waals surface area (Å²) in [6.07, 6.45) is 1.51. The van der Waals surface area contributed by atoms with Crippen LogP contribution >= 0.6 is 23.2 Å². The maximum absolute atomic E-state index is 13.7. The Morgan fingerprint density at radius 1 is 0.907 bits per heavy atom. The minimum absolute atomic E-state index is 0.205. The van der Waals surface area contributed by atoms with Gasteiger partial charge < -0.3 is 18.6 Å². The Morgan fingerprint density at radius 3 is 2.53 bits per heavy atom. The molecule has 0 unspecified atom stereocenters. The fourth-order valence-corrected chi connectivity index (χ4v) is 5.13. The summed E-state index contributed by atoms with van der Waals surface area (Å²) in [7, 11) is 1.59. The van der Waals surface area contributed by atoms with Crippen molar-refractivity contribution in [3.05, 3.63) is 116 Å². The molecule has 0 aliphatic heterocycles. The molecule has 0 N–H and O–H groups in total. The largest absolute Gasteiger partial charge is 0.496 e. The first-order valence-electron chi connectivity index (χ1n) is 13.4. The molecule has 0 spiro atoms. The van der Waals surface area contributed by atoms with Crippen molar-refractivity contribution in [2.24, 2.45) is 5.10 Å². The summed E-state index contributed by atoms with van der Waals surface area (Å²) in [5.41, 5.74) is 2.14. The van der Waals surface area contributed by atoms with E-state index >= 15 is 0 Å². The molecule has 2 aromatic heterocycles. The van der Waals surface area contributed by atoms with Crippen LogP contribution < -0.4 is 19.8 Å². The molecule has 43 heavy (non-hydrogen) atoms. The van der Waals surface area contributed by atoms with Gasteiger partial charge in [-0.25, -0.2) is 4.98 Å². The molecule has 4 aromatic carbocycles. The van der Waals surface area contributed by atoms with Crippen LogP contribution in [0.5, 0.6) is 17.2 Å². The minimum Gasteiger partial charge on any atom is -0.496 e. The van der Waals surface area contributed by atoms with Gasteiger partial charge in [0.1, 0.15) is 17.9 Å². The van der Waals surface area contributed by atoms with E-state index in [2.05, 4.69) is 5.10 Å².